The van der Waals surface area contributed by atoms with E-state index in [1.807, 2.05) is 5.38 Å². The molecule has 1 unspecified atom stereocenters. The number of nitrogens with one attached hydrogen (secondary N) is 1. The minimum Gasteiger partial charge on any atom is -0.479 e. The minimum atomic E-state index is -0.940. The smallest absolute Gasteiger partial charge is 0.331 e. The molecule has 3 nitrogen and oxygen atoms in total. The van der Waals surface area contributed by atoms with Gasteiger partial charge in [-0.05, 0) is 34.1 Å². The summed E-state index contributed by atoms with van der Waals surface area (Å²) >= 11 is 10.7. The normalized spacial score (nSPS) is 12.1. The molecule has 1 aromatic heterocycles. The van der Waals surface area contributed by atoms with Gasteiger partial charge in [-0.1, -0.05) is 23.7 Å². The number of hydrogen-bond acceptors (Lipinski definition) is 3. The van der Waals surface area contributed by atoms with Crippen LogP contribution in [0.4, 0.5) is 5.69 Å². The fourth-order valence-electron chi connectivity index (χ4n) is 1.47. The Hall–Kier alpha value is -1.04. The molecule has 6 heteroatoms. The highest BCUT2D eigenvalue weighted by molar-refractivity contribution is 9.10. The van der Waals surface area contributed by atoms with Crippen molar-refractivity contribution in [1.82, 2.24) is 0 Å². The summed E-state index contributed by atoms with van der Waals surface area (Å²) in [7, 11) is 0. The Morgan fingerprint density at radius 1 is 1.44 bits per heavy atom. The van der Waals surface area contributed by atoms with Gasteiger partial charge in [-0.2, -0.15) is 0 Å². The van der Waals surface area contributed by atoms with Crippen LogP contribution in [0.25, 0.3) is 0 Å². The summed E-state index contributed by atoms with van der Waals surface area (Å²) in [6, 6.07) is 8.05. The Kier molecular flexibility index (Phi) is 4.27. The van der Waals surface area contributed by atoms with Gasteiger partial charge in [-0.15, -0.1) is 11.3 Å². The highest BCUT2D eigenvalue weighted by Crippen LogP contribution is 2.30. The van der Waals surface area contributed by atoms with E-state index >= 15 is 0 Å². The van der Waals surface area contributed by atoms with Gasteiger partial charge in [0, 0.05) is 14.7 Å². The average Bonchev–Trinajstić information content (AvgIpc) is 2.74. The second-order valence-corrected chi connectivity index (χ2v) is 5.83. The van der Waals surface area contributed by atoms with Crippen molar-refractivity contribution in [1.29, 1.82) is 0 Å². The van der Waals surface area contributed by atoms with E-state index in [0.717, 1.165) is 4.47 Å². The van der Waals surface area contributed by atoms with Crippen LogP contribution < -0.4 is 5.32 Å². The predicted octanol–water partition coefficient (Wildman–Crippen LogP) is 4.40. The molecule has 0 spiro atoms. The molecule has 0 aliphatic carbocycles. The molecule has 1 atom stereocenters. The molecule has 0 amide bonds. The van der Waals surface area contributed by atoms with Gasteiger partial charge in [0.1, 0.15) is 0 Å². The Bertz CT molecular complexity index is 573. The number of hydrogen-bond donors (Lipinski definition) is 2. The second kappa shape index (κ2) is 5.73. The zero-order valence-electron chi connectivity index (χ0n) is 9.06. The van der Waals surface area contributed by atoms with Crippen LogP contribution in [0.3, 0.4) is 0 Å². The fourth-order valence-corrected chi connectivity index (χ4v) is 3.14. The van der Waals surface area contributed by atoms with Gasteiger partial charge in [0.15, 0.2) is 6.04 Å². The van der Waals surface area contributed by atoms with E-state index in [-0.39, 0.29) is 0 Å². The van der Waals surface area contributed by atoms with Crippen LogP contribution in [-0.2, 0) is 4.79 Å². The van der Waals surface area contributed by atoms with Crippen molar-refractivity contribution in [3.05, 3.63) is 50.1 Å². The third-order valence-corrected chi connectivity index (χ3v) is 4.38. The van der Waals surface area contributed by atoms with Crippen LogP contribution in [0.1, 0.15) is 10.9 Å². The predicted molar refractivity (Wildman–Crippen MR) is 77.5 cm³/mol. The zero-order valence-corrected chi connectivity index (χ0v) is 12.2. The first kappa shape index (κ1) is 13.4. The lowest BCUT2D eigenvalue weighted by atomic mass is 10.2. The first-order valence-electron chi connectivity index (χ1n) is 5.05. The Labute approximate surface area is 122 Å². The molecule has 0 aliphatic rings. The van der Waals surface area contributed by atoms with Crippen molar-refractivity contribution < 1.29 is 9.90 Å². The molecule has 2 aromatic rings. The van der Waals surface area contributed by atoms with Crippen molar-refractivity contribution >= 4 is 50.5 Å². The number of carbonyl (C=O) groups is 1. The van der Waals surface area contributed by atoms with Crippen LogP contribution in [0.2, 0.25) is 5.02 Å². The summed E-state index contributed by atoms with van der Waals surface area (Å²) < 4.78 is 0.870. The second-order valence-electron chi connectivity index (χ2n) is 3.56. The maximum Gasteiger partial charge on any atom is 0.331 e. The molecule has 2 rings (SSSR count). The molecule has 0 radical (unpaired) electrons. The molecule has 1 heterocycles. The van der Waals surface area contributed by atoms with Crippen molar-refractivity contribution in [2.24, 2.45) is 0 Å². The average molecular weight is 347 g/mol. The molecule has 2 N–H and O–H groups in total. The molecule has 0 fully saturated rings. The molecule has 0 saturated heterocycles. The summed E-state index contributed by atoms with van der Waals surface area (Å²) in [5, 5.41) is 14.6. The lowest BCUT2D eigenvalue weighted by molar-refractivity contribution is -0.138. The van der Waals surface area contributed by atoms with E-state index in [9.17, 15) is 9.90 Å². The first-order valence-corrected chi connectivity index (χ1v) is 7.11. The minimum absolute atomic E-state index is 0.499. The van der Waals surface area contributed by atoms with E-state index in [1.165, 1.54) is 11.3 Å². The quantitative estimate of drug-likeness (QED) is 0.862. The van der Waals surface area contributed by atoms with E-state index in [2.05, 4.69) is 21.2 Å². The van der Waals surface area contributed by atoms with Gasteiger partial charge in [-0.25, -0.2) is 4.79 Å². The molecule has 0 saturated carbocycles. The SMILES string of the molecule is O=C(O)C(Nc1ccccc1Cl)c1cc(Br)cs1. The monoisotopic (exact) mass is 345 g/mol. The van der Waals surface area contributed by atoms with Crippen LogP contribution in [0.15, 0.2) is 40.2 Å². The van der Waals surface area contributed by atoms with Crippen molar-refractivity contribution in [3.63, 3.8) is 0 Å². The molecule has 0 aliphatic heterocycles. The molecule has 1 aromatic carbocycles. The fraction of sp³-hybridized carbons (Fsp3) is 0.0833. The number of anilines is 1. The molecular formula is C12H9BrClNO2S. The number of benzene rings is 1. The lowest BCUT2D eigenvalue weighted by Crippen LogP contribution is -2.19. The third-order valence-electron chi connectivity index (χ3n) is 2.29. The lowest BCUT2D eigenvalue weighted by Gasteiger charge is -2.15. The van der Waals surface area contributed by atoms with Gasteiger partial charge in [-0.3, -0.25) is 0 Å². The van der Waals surface area contributed by atoms with Crippen molar-refractivity contribution in [2.45, 2.75) is 6.04 Å². The van der Waals surface area contributed by atoms with Crippen LogP contribution in [0.5, 0.6) is 0 Å². The Balaban J connectivity index is 2.28. The third kappa shape index (κ3) is 3.04. The van der Waals surface area contributed by atoms with E-state index in [0.29, 0.717) is 15.6 Å². The Morgan fingerprint density at radius 3 is 2.72 bits per heavy atom. The van der Waals surface area contributed by atoms with Gasteiger partial charge in [0.05, 0.1) is 10.7 Å². The number of carboxylic acid groups (broad SMARTS) is 1. The highest BCUT2D eigenvalue weighted by atomic mass is 79.9. The van der Waals surface area contributed by atoms with E-state index < -0.39 is 12.0 Å². The van der Waals surface area contributed by atoms with Crippen LogP contribution >= 0.6 is 38.9 Å². The maximum absolute atomic E-state index is 11.3. The van der Waals surface area contributed by atoms with Crippen molar-refractivity contribution in [2.75, 3.05) is 5.32 Å². The van der Waals surface area contributed by atoms with Gasteiger partial charge in [0.2, 0.25) is 0 Å². The topological polar surface area (TPSA) is 49.3 Å². The summed E-state index contributed by atoms with van der Waals surface area (Å²) in [5.74, 6) is -0.940. The largest absolute Gasteiger partial charge is 0.479 e. The summed E-state index contributed by atoms with van der Waals surface area (Å²) in [6.07, 6.45) is 0. The number of rotatable bonds is 4. The van der Waals surface area contributed by atoms with Crippen molar-refractivity contribution in [3.8, 4) is 0 Å². The van der Waals surface area contributed by atoms with Gasteiger partial charge >= 0.3 is 5.97 Å². The van der Waals surface area contributed by atoms with E-state index in [4.69, 9.17) is 11.6 Å². The van der Waals surface area contributed by atoms with Gasteiger partial charge < -0.3 is 10.4 Å². The number of halogens is 2. The van der Waals surface area contributed by atoms with E-state index in [1.54, 1.807) is 30.3 Å². The number of aliphatic carboxylic acids is 1. The van der Waals surface area contributed by atoms with Gasteiger partial charge in [0.25, 0.3) is 0 Å². The summed E-state index contributed by atoms with van der Waals surface area (Å²) in [6.45, 7) is 0. The number of thiophene rings is 1. The summed E-state index contributed by atoms with van der Waals surface area (Å²) in [5.41, 5.74) is 0.607. The standard InChI is InChI=1S/C12H9BrClNO2S/c13-7-5-10(18-6-7)11(12(16)17)15-9-4-2-1-3-8(9)14/h1-6,11,15H,(H,16,17). The summed E-state index contributed by atoms with van der Waals surface area (Å²) in [4.78, 5) is 12.0. The number of para-hydroxylation sites is 1. The number of carboxylic acids is 1. The highest BCUT2D eigenvalue weighted by Gasteiger charge is 2.22. The molecule has 0 bridgehead atoms. The molecule has 94 valence electrons. The molecule has 18 heavy (non-hydrogen) atoms. The maximum atomic E-state index is 11.3. The van der Waals surface area contributed by atoms with Crippen LogP contribution in [0, 0.1) is 0 Å². The first-order chi connectivity index (χ1) is 8.58. The van der Waals surface area contributed by atoms with Crippen LogP contribution in [-0.4, -0.2) is 11.1 Å². The Morgan fingerprint density at radius 2 is 2.17 bits per heavy atom. The zero-order chi connectivity index (χ0) is 13.1. The molecular weight excluding hydrogens is 338 g/mol.